The Labute approximate surface area is 172 Å². The summed E-state index contributed by atoms with van der Waals surface area (Å²) in [6.45, 7) is 5.95. The van der Waals surface area contributed by atoms with E-state index in [0.29, 0.717) is 24.3 Å². The van der Waals surface area contributed by atoms with Crippen LogP contribution in [0.4, 0.5) is 0 Å². The van der Waals surface area contributed by atoms with Gasteiger partial charge in [-0.15, -0.1) is 0 Å². The molecule has 0 fully saturated rings. The topological polar surface area (TPSA) is 66.0 Å². The molecule has 1 amide bonds. The summed E-state index contributed by atoms with van der Waals surface area (Å²) in [6, 6.07) is 12.8. The van der Waals surface area contributed by atoms with E-state index < -0.39 is 11.7 Å². The Balaban J connectivity index is 1.81. The third kappa shape index (κ3) is 4.75. The van der Waals surface area contributed by atoms with Gasteiger partial charge in [-0.25, -0.2) is 0 Å². The van der Waals surface area contributed by atoms with Crippen LogP contribution in [0.25, 0.3) is 0 Å². The number of fused-ring (bicyclic) bond motifs is 1. The lowest BCUT2D eigenvalue weighted by Crippen LogP contribution is -2.45. The zero-order chi connectivity index (χ0) is 21.0. The van der Waals surface area contributed by atoms with Crippen LogP contribution in [-0.4, -0.2) is 31.8 Å². The molecule has 2 atom stereocenters. The number of carbonyl (C=O) groups is 1. The van der Waals surface area contributed by atoms with Crippen molar-refractivity contribution < 1.29 is 23.7 Å². The molecule has 0 spiro atoms. The zero-order valence-electron chi connectivity index (χ0n) is 17.7. The molecule has 1 N–H and O–H groups in total. The van der Waals surface area contributed by atoms with Crippen LogP contribution in [0.15, 0.2) is 42.5 Å². The van der Waals surface area contributed by atoms with Crippen LogP contribution in [0.2, 0.25) is 0 Å². The van der Waals surface area contributed by atoms with Gasteiger partial charge in [-0.2, -0.15) is 0 Å². The van der Waals surface area contributed by atoms with Crippen molar-refractivity contribution in [3.05, 3.63) is 48.0 Å². The molecular weight excluding hydrogens is 370 g/mol. The van der Waals surface area contributed by atoms with Crippen molar-refractivity contribution in [2.24, 2.45) is 0 Å². The highest BCUT2D eigenvalue weighted by Crippen LogP contribution is 2.41. The Morgan fingerprint density at radius 1 is 1.17 bits per heavy atom. The molecule has 0 aromatic heterocycles. The summed E-state index contributed by atoms with van der Waals surface area (Å²) in [5.74, 6) is 2.46. The maximum Gasteiger partial charge on any atom is 0.261 e. The van der Waals surface area contributed by atoms with E-state index >= 15 is 0 Å². The number of rotatable bonds is 7. The summed E-state index contributed by atoms with van der Waals surface area (Å²) >= 11 is 0. The molecule has 156 valence electrons. The summed E-state index contributed by atoms with van der Waals surface area (Å²) in [5.41, 5.74) is 0.509. The summed E-state index contributed by atoms with van der Waals surface area (Å²) < 4.78 is 22.8. The molecule has 0 radical (unpaired) electrons. The second-order valence-electron chi connectivity index (χ2n) is 7.70. The Morgan fingerprint density at radius 2 is 1.90 bits per heavy atom. The van der Waals surface area contributed by atoms with E-state index in [1.54, 1.807) is 20.3 Å². The van der Waals surface area contributed by atoms with Crippen LogP contribution in [0.3, 0.4) is 0 Å². The van der Waals surface area contributed by atoms with Crippen LogP contribution in [0, 0.1) is 0 Å². The standard InChI is InChI=1S/C23H29NO5/c1-6-18(28-21-10-8-7-9-20(21)27-5)22(25)24-17-14-23(2,3)29-19-12-11-15(26-4)13-16(17)19/h7-13,17-18H,6,14H2,1-5H3,(H,24,25)/t17-,18+/m0/s1. The van der Waals surface area contributed by atoms with E-state index in [1.165, 1.54) is 0 Å². The number of amides is 1. The van der Waals surface area contributed by atoms with Gasteiger partial charge in [-0.05, 0) is 50.6 Å². The van der Waals surface area contributed by atoms with Crippen molar-refractivity contribution in [3.63, 3.8) is 0 Å². The third-order valence-electron chi connectivity index (χ3n) is 4.99. The largest absolute Gasteiger partial charge is 0.497 e. The van der Waals surface area contributed by atoms with Crippen molar-refractivity contribution in [1.82, 2.24) is 5.32 Å². The SMILES string of the molecule is CC[C@@H](Oc1ccccc1OC)C(=O)N[C@H]1CC(C)(C)Oc2ccc(OC)cc21. The Kier molecular flexibility index (Phi) is 6.20. The summed E-state index contributed by atoms with van der Waals surface area (Å²) in [7, 11) is 3.20. The van der Waals surface area contributed by atoms with Gasteiger partial charge in [0.2, 0.25) is 0 Å². The third-order valence-corrected chi connectivity index (χ3v) is 4.99. The van der Waals surface area contributed by atoms with Gasteiger partial charge < -0.3 is 24.3 Å². The van der Waals surface area contributed by atoms with Crippen molar-refractivity contribution in [2.45, 2.75) is 51.4 Å². The molecule has 0 saturated heterocycles. The lowest BCUT2D eigenvalue weighted by Gasteiger charge is -2.38. The predicted octanol–water partition coefficient (Wildman–Crippen LogP) is 4.28. The lowest BCUT2D eigenvalue weighted by molar-refractivity contribution is -0.129. The van der Waals surface area contributed by atoms with Gasteiger partial charge in [0.1, 0.15) is 17.1 Å². The van der Waals surface area contributed by atoms with Gasteiger partial charge in [-0.1, -0.05) is 19.1 Å². The van der Waals surface area contributed by atoms with Crippen molar-refractivity contribution in [1.29, 1.82) is 0 Å². The molecule has 0 aliphatic carbocycles. The van der Waals surface area contributed by atoms with E-state index in [4.69, 9.17) is 18.9 Å². The summed E-state index contributed by atoms with van der Waals surface area (Å²) in [4.78, 5) is 13.1. The molecule has 6 heteroatoms. The number of hydrogen-bond acceptors (Lipinski definition) is 5. The Morgan fingerprint density at radius 3 is 2.55 bits per heavy atom. The predicted molar refractivity (Wildman–Crippen MR) is 111 cm³/mol. The summed E-state index contributed by atoms with van der Waals surface area (Å²) in [6.07, 6.45) is 0.539. The van der Waals surface area contributed by atoms with Gasteiger partial charge in [0.15, 0.2) is 17.6 Å². The highest BCUT2D eigenvalue weighted by molar-refractivity contribution is 5.81. The van der Waals surface area contributed by atoms with Crippen molar-refractivity contribution >= 4 is 5.91 Å². The van der Waals surface area contributed by atoms with E-state index in [0.717, 1.165) is 17.1 Å². The van der Waals surface area contributed by atoms with Crippen LogP contribution in [0.5, 0.6) is 23.0 Å². The first-order valence-corrected chi connectivity index (χ1v) is 9.84. The molecule has 0 unspecified atom stereocenters. The van der Waals surface area contributed by atoms with Gasteiger partial charge in [-0.3, -0.25) is 4.79 Å². The number of hydrogen-bond donors (Lipinski definition) is 1. The molecule has 6 nitrogen and oxygen atoms in total. The lowest BCUT2D eigenvalue weighted by atomic mass is 9.89. The fourth-order valence-corrected chi connectivity index (χ4v) is 3.54. The zero-order valence-corrected chi connectivity index (χ0v) is 17.7. The van der Waals surface area contributed by atoms with Gasteiger partial charge in [0, 0.05) is 12.0 Å². The first kappa shape index (κ1) is 20.8. The fourth-order valence-electron chi connectivity index (χ4n) is 3.54. The average molecular weight is 399 g/mol. The number of benzene rings is 2. The minimum Gasteiger partial charge on any atom is -0.497 e. The molecule has 2 aromatic carbocycles. The number of nitrogens with one attached hydrogen (secondary N) is 1. The quantitative estimate of drug-likeness (QED) is 0.753. The minimum absolute atomic E-state index is 0.171. The van der Waals surface area contributed by atoms with Crippen molar-refractivity contribution in [2.75, 3.05) is 14.2 Å². The highest BCUT2D eigenvalue weighted by atomic mass is 16.5. The monoisotopic (exact) mass is 399 g/mol. The van der Waals surface area contributed by atoms with E-state index in [-0.39, 0.29) is 11.9 Å². The van der Waals surface area contributed by atoms with Crippen LogP contribution < -0.4 is 24.3 Å². The van der Waals surface area contributed by atoms with E-state index in [1.807, 2.05) is 57.2 Å². The van der Waals surface area contributed by atoms with Crippen molar-refractivity contribution in [3.8, 4) is 23.0 Å². The number of methoxy groups -OCH3 is 2. The Bertz CT molecular complexity index is 864. The second kappa shape index (κ2) is 8.64. The van der Waals surface area contributed by atoms with Crippen LogP contribution in [-0.2, 0) is 4.79 Å². The maximum absolute atomic E-state index is 13.1. The highest BCUT2D eigenvalue weighted by Gasteiger charge is 2.36. The molecule has 1 aliphatic heterocycles. The maximum atomic E-state index is 13.1. The van der Waals surface area contributed by atoms with Gasteiger partial charge >= 0.3 is 0 Å². The second-order valence-corrected chi connectivity index (χ2v) is 7.70. The normalized spacial score (nSPS) is 18.0. The van der Waals surface area contributed by atoms with E-state index in [2.05, 4.69) is 5.32 Å². The minimum atomic E-state index is -0.633. The number of carbonyl (C=O) groups excluding carboxylic acids is 1. The van der Waals surface area contributed by atoms with Crippen LogP contribution in [0.1, 0.15) is 45.2 Å². The molecule has 0 saturated carbocycles. The van der Waals surface area contributed by atoms with E-state index in [9.17, 15) is 4.79 Å². The summed E-state index contributed by atoms with van der Waals surface area (Å²) in [5, 5.41) is 3.15. The Hall–Kier alpha value is -2.89. The van der Waals surface area contributed by atoms with Crippen LogP contribution >= 0.6 is 0 Å². The molecule has 2 aromatic rings. The smallest absolute Gasteiger partial charge is 0.261 e. The first-order chi connectivity index (χ1) is 13.9. The molecular formula is C23H29NO5. The van der Waals surface area contributed by atoms with Gasteiger partial charge in [0.05, 0.1) is 20.3 Å². The molecule has 1 aliphatic rings. The number of para-hydroxylation sites is 2. The first-order valence-electron chi connectivity index (χ1n) is 9.84. The molecule has 0 bridgehead atoms. The number of ether oxygens (including phenoxy) is 4. The molecule has 3 rings (SSSR count). The molecule has 1 heterocycles. The van der Waals surface area contributed by atoms with Gasteiger partial charge in [0.25, 0.3) is 5.91 Å². The fraction of sp³-hybridized carbons (Fsp3) is 0.435. The average Bonchev–Trinajstić information content (AvgIpc) is 2.71. The molecule has 29 heavy (non-hydrogen) atoms.